The molecule has 8 heteroatoms. The first-order valence-electron chi connectivity index (χ1n) is 7.82. The van der Waals surface area contributed by atoms with Gasteiger partial charge < -0.3 is 20.4 Å². The molecule has 0 radical (unpaired) electrons. The smallest absolute Gasteiger partial charge is 0.319 e. The summed E-state index contributed by atoms with van der Waals surface area (Å²) < 4.78 is 0. The zero-order chi connectivity index (χ0) is 16.7. The molecule has 0 atom stereocenters. The van der Waals surface area contributed by atoms with Crippen molar-refractivity contribution in [2.24, 2.45) is 5.92 Å². The van der Waals surface area contributed by atoms with E-state index in [0.29, 0.717) is 45.0 Å². The molecule has 2 rings (SSSR count). The van der Waals surface area contributed by atoms with Gasteiger partial charge in [-0.3, -0.25) is 4.79 Å². The fourth-order valence-electron chi connectivity index (χ4n) is 2.51. The molecule has 1 aromatic rings. The van der Waals surface area contributed by atoms with Gasteiger partial charge in [0.05, 0.1) is 0 Å². The molecule has 1 aromatic heterocycles. The van der Waals surface area contributed by atoms with Crippen molar-refractivity contribution in [3.05, 3.63) is 18.5 Å². The number of nitrogens with zero attached hydrogens (tertiary/aromatic N) is 4. The number of carbonyl (C=O) groups excluding carboxylic acids is 2. The number of carbonyl (C=O) groups is 2. The van der Waals surface area contributed by atoms with Crippen LogP contribution in [0.3, 0.4) is 0 Å². The van der Waals surface area contributed by atoms with E-state index in [1.54, 1.807) is 42.4 Å². The van der Waals surface area contributed by atoms with Gasteiger partial charge in [-0.25, -0.2) is 14.8 Å². The summed E-state index contributed by atoms with van der Waals surface area (Å²) in [4.78, 5) is 35.4. The molecule has 126 valence electrons. The standard InChI is InChI=1S/C15H24N6O2/c1-20(2)15(23)21-10-4-12(5-11-21)13(22)16-8-9-19-14-17-6-3-7-18-14/h3,6-7,12H,4-5,8-11H2,1-2H3,(H,16,22)(H,17,18,19). The quantitative estimate of drug-likeness (QED) is 0.766. The molecular weight excluding hydrogens is 296 g/mol. The number of likely N-dealkylation sites (tertiary alicyclic amines) is 1. The number of piperidine rings is 1. The van der Waals surface area contributed by atoms with E-state index in [-0.39, 0.29) is 17.9 Å². The molecule has 2 N–H and O–H groups in total. The summed E-state index contributed by atoms with van der Waals surface area (Å²) in [6, 6.07) is 1.76. The summed E-state index contributed by atoms with van der Waals surface area (Å²) in [5.41, 5.74) is 0. The number of urea groups is 1. The summed E-state index contributed by atoms with van der Waals surface area (Å²) in [7, 11) is 3.48. The zero-order valence-electron chi connectivity index (χ0n) is 13.7. The van der Waals surface area contributed by atoms with Gasteiger partial charge in [0.2, 0.25) is 11.9 Å². The van der Waals surface area contributed by atoms with E-state index in [1.807, 2.05) is 0 Å². The molecule has 0 unspecified atom stereocenters. The van der Waals surface area contributed by atoms with Crippen LogP contribution in [0.25, 0.3) is 0 Å². The monoisotopic (exact) mass is 320 g/mol. The van der Waals surface area contributed by atoms with Crippen molar-refractivity contribution >= 4 is 17.9 Å². The fraction of sp³-hybridized carbons (Fsp3) is 0.600. The van der Waals surface area contributed by atoms with Crippen molar-refractivity contribution < 1.29 is 9.59 Å². The molecule has 2 heterocycles. The van der Waals surface area contributed by atoms with Crippen LogP contribution in [0.5, 0.6) is 0 Å². The summed E-state index contributed by atoms with van der Waals surface area (Å²) >= 11 is 0. The Morgan fingerprint density at radius 3 is 2.48 bits per heavy atom. The van der Waals surface area contributed by atoms with Crippen LogP contribution >= 0.6 is 0 Å². The second-order valence-electron chi connectivity index (χ2n) is 5.73. The highest BCUT2D eigenvalue weighted by molar-refractivity contribution is 5.79. The second-order valence-corrected chi connectivity index (χ2v) is 5.73. The molecule has 23 heavy (non-hydrogen) atoms. The van der Waals surface area contributed by atoms with Gasteiger partial charge in [0.1, 0.15) is 0 Å². The Morgan fingerprint density at radius 1 is 1.22 bits per heavy atom. The van der Waals surface area contributed by atoms with Gasteiger partial charge in [0, 0.05) is 58.6 Å². The highest BCUT2D eigenvalue weighted by atomic mass is 16.2. The molecule has 1 aliphatic rings. The van der Waals surface area contributed by atoms with Gasteiger partial charge in [0.15, 0.2) is 0 Å². The van der Waals surface area contributed by atoms with Gasteiger partial charge in [-0.05, 0) is 18.9 Å². The van der Waals surface area contributed by atoms with Crippen LogP contribution < -0.4 is 10.6 Å². The van der Waals surface area contributed by atoms with Crippen molar-refractivity contribution in [1.82, 2.24) is 25.1 Å². The first kappa shape index (κ1) is 17.0. The fourth-order valence-corrected chi connectivity index (χ4v) is 2.51. The van der Waals surface area contributed by atoms with E-state index >= 15 is 0 Å². The molecule has 0 spiro atoms. The van der Waals surface area contributed by atoms with E-state index in [9.17, 15) is 9.59 Å². The van der Waals surface area contributed by atoms with Crippen molar-refractivity contribution in [1.29, 1.82) is 0 Å². The van der Waals surface area contributed by atoms with E-state index in [4.69, 9.17) is 0 Å². The third kappa shape index (κ3) is 5.08. The molecule has 0 aromatic carbocycles. The minimum Gasteiger partial charge on any atom is -0.354 e. The third-order valence-electron chi connectivity index (χ3n) is 3.79. The van der Waals surface area contributed by atoms with Gasteiger partial charge >= 0.3 is 6.03 Å². The lowest BCUT2D eigenvalue weighted by atomic mass is 9.96. The van der Waals surface area contributed by atoms with Gasteiger partial charge in [0.25, 0.3) is 0 Å². The lowest BCUT2D eigenvalue weighted by Gasteiger charge is -2.33. The molecule has 1 saturated heterocycles. The number of aromatic nitrogens is 2. The Bertz CT molecular complexity index is 514. The van der Waals surface area contributed by atoms with E-state index in [0.717, 1.165) is 0 Å². The largest absolute Gasteiger partial charge is 0.354 e. The van der Waals surface area contributed by atoms with Crippen molar-refractivity contribution in [3.63, 3.8) is 0 Å². The Kier molecular flexibility index (Phi) is 6.13. The Hall–Kier alpha value is -2.38. The van der Waals surface area contributed by atoms with Crippen molar-refractivity contribution in [3.8, 4) is 0 Å². The topological polar surface area (TPSA) is 90.5 Å². The number of hydrogen-bond acceptors (Lipinski definition) is 5. The molecule has 1 fully saturated rings. The number of nitrogens with one attached hydrogen (secondary N) is 2. The van der Waals surface area contributed by atoms with Crippen LogP contribution in [0.1, 0.15) is 12.8 Å². The Labute approximate surface area is 136 Å². The van der Waals surface area contributed by atoms with Crippen molar-refractivity contribution in [2.45, 2.75) is 12.8 Å². The van der Waals surface area contributed by atoms with Crippen LogP contribution in [-0.4, -0.2) is 72.0 Å². The lowest BCUT2D eigenvalue weighted by molar-refractivity contribution is -0.126. The zero-order valence-corrected chi connectivity index (χ0v) is 13.7. The first-order chi connectivity index (χ1) is 11.1. The normalized spacial score (nSPS) is 15.1. The maximum Gasteiger partial charge on any atom is 0.319 e. The van der Waals surface area contributed by atoms with E-state index < -0.39 is 0 Å². The maximum absolute atomic E-state index is 12.1. The average molecular weight is 320 g/mol. The highest BCUT2D eigenvalue weighted by Gasteiger charge is 2.27. The van der Waals surface area contributed by atoms with E-state index in [1.165, 1.54) is 0 Å². The van der Waals surface area contributed by atoms with Crippen LogP contribution in [0.2, 0.25) is 0 Å². The van der Waals surface area contributed by atoms with Crippen LogP contribution in [0.4, 0.5) is 10.7 Å². The molecule has 8 nitrogen and oxygen atoms in total. The summed E-state index contributed by atoms with van der Waals surface area (Å²) in [5.74, 6) is 0.587. The van der Waals surface area contributed by atoms with Crippen LogP contribution in [-0.2, 0) is 4.79 Å². The summed E-state index contributed by atoms with van der Waals surface area (Å²) in [6.45, 7) is 2.36. The first-order valence-corrected chi connectivity index (χ1v) is 7.82. The van der Waals surface area contributed by atoms with Gasteiger partial charge in [-0.15, -0.1) is 0 Å². The number of hydrogen-bond donors (Lipinski definition) is 2. The Morgan fingerprint density at radius 2 is 1.87 bits per heavy atom. The SMILES string of the molecule is CN(C)C(=O)N1CCC(C(=O)NCCNc2ncccn2)CC1. The molecule has 1 aliphatic heterocycles. The summed E-state index contributed by atoms with van der Waals surface area (Å²) in [6.07, 6.45) is 4.74. The Balaban J connectivity index is 1.64. The van der Waals surface area contributed by atoms with E-state index in [2.05, 4.69) is 20.6 Å². The van der Waals surface area contributed by atoms with Crippen LogP contribution in [0, 0.1) is 5.92 Å². The number of amides is 3. The second kappa shape index (κ2) is 8.30. The minimum absolute atomic E-state index is 0.0101. The number of anilines is 1. The van der Waals surface area contributed by atoms with Crippen LogP contribution in [0.15, 0.2) is 18.5 Å². The minimum atomic E-state index is -0.0193. The lowest BCUT2D eigenvalue weighted by Crippen LogP contribution is -2.46. The molecular formula is C15H24N6O2. The van der Waals surface area contributed by atoms with Gasteiger partial charge in [-0.2, -0.15) is 0 Å². The van der Waals surface area contributed by atoms with Crippen molar-refractivity contribution in [2.75, 3.05) is 45.6 Å². The number of rotatable bonds is 5. The average Bonchev–Trinajstić information content (AvgIpc) is 2.59. The highest BCUT2D eigenvalue weighted by Crippen LogP contribution is 2.18. The predicted molar refractivity (Wildman–Crippen MR) is 86.9 cm³/mol. The molecule has 3 amide bonds. The molecule has 0 bridgehead atoms. The molecule has 0 saturated carbocycles. The summed E-state index contributed by atoms with van der Waals surface area (Å²) in [5, 5.41) is 5.96. The van der Waals surface area contributed by atoms with Gasteiger partial charge in [-0.1, -0.05) is 0 Å². The molecule has 0 aliphatic carbocycles. The predicted octanol–water partition coefficient (Wildman–Crippen LogP) is 0.398. The maximum atomic E-state index is 12.1. The third-order valence-corrected chi connectivity index (χ3v) is 3.79.